The van der Waals surface area contributed by atoms with Gasteiger partial charge in [0.1, 0.15) is 5.82 Å². The minimum absolute atomic E-state index is 0. The molecule has 7 nitrogen and oxygen atoms in total. The van der Waals surface area contributed by atoms with Crippen molar-refractivity contribution in [1.29, 1.82) is 0 Å². The molecule has 2 N–H and O–H groups in total. The summed E-state index contributed by atoms with van der Waals surface area (Å²) in [6, 6.07) is 0.310. The van der Waals surface area contributed by atoms with Crippen LogP contribution in [0.5, 0.6) is 0 Å². The highest BCUT2D eigenvalue weighted by Crippen LogP contribution is 2.18. The van der Waals surface area contributed by atoms with Gasteiger partial charge in [0.25, 0.3) is 0 Å². The van der Waals surface area contributed by atoms with Crippen molar-refractivity contribution in [3.63, 3.8) is 0 Å². The molecule has 0 aromatic carbocycles. The lowest BCUT2D eigenvalue weighted by Crippen LogP contribution is -2.46. The van der Waals surface area contributed by atoms with Crippen LogP contribution in [0.4, 0.5) is 0 Å². The molecule has 1 aliphatic heterocycles. The summed E-state index contributed by atoms with van der Waals surface area (Å²) in [4.78, 5) is 14.7. The maximum absolute atomic E-state index is 4.64. The SMILES string of the molecule is CN=C(NCc1sc(C)nc1C)NC1CCc2nc(C(C)C)nn2C1.I. The fraction of sp³-hybridized carbons (Fsp3) is 0.647. The summed E-state index contributed by atoms with van der Waals surface area (Å²) in [7, 11) is 1.81. The van der Waals surface area contributed by atoms with Crippen molar-refractivity contribution in [3.8, 4) is 0 Å². The molecule has 0 amide bonds. The van der Waals surface area contributed by atoms with Crippen molar-refractivity contribution in [2.45, 2.75) is 65.6 Å². The summed E-state index contributed by atoms with van der Waals surface area (Å²) in [5.41, 5.74) is 1.09. The second-order valence-electron chi connectivity index (χ2n) is 6.77. The Labute approximate surface area is 176 Å². The Morgan fingerprint density at radius 1 is 1.35 bits per heavy atom. The van der Waals surface area contributed by atoms with Gasteiger partial charge in [-0.2, -0.15) is 5.10 Å². The summed E-state index contributed by atoms with van der Waals surface area (Å²) < 4.78 is 2.04. The molecule has 3 rings (SSSR count). The van der Waals surface area contributed by atoms with Crippen LogP contribution >= 0.6 is 35.3 Å². The van der Waals surface area contributed by atoms with E-state index >= 15 is 0 Å². The number of halogens is 1. The lowest BCUT2D eigenvalue weighted by atomic mass is 10.1. The molecule has 2 aromatic heterocycles. The van der Waals surface area contributed by atoms with Crippen molar-refractivity contribution < 1.29 is 0 Å². The molecular formula is C17H28IN7S. The van der Waals surface area contributed by atoms with E-state index in [9.17, 15) is 0 Å². The molecule has 144 valence electrons. The van der Waals surface area contributed by atoms with Crippen molar-refractivity contribution in [1.82, 2.24) is 30.4 Å². The molecule has 1 unspecified atom stereocenters. The second-order valence-corrected chi connectivity index (χ2v) is 8.06. The molecule has 0 aliphatic carbocycles. The number of fused-ring (bicyclic) bond motifs is 1. The van der Waals surface area contributed by atoms with Gasteiger partial charge in [-0.05, 0) is 20.3 Å². The molecule has 0 saturated carbocycles. The second kappa shape index (κ2) is 9.12. The number of guanidine groups is 1. The van der Waals surface area contributed by atoms with Crippen LogP contribution in [-0.2, 0) is 19.5 Å². The highest BCUT2D eigenvalue weighted by Gasteiger charge is 2.23. The van der Waals surface area contributed by atoms with Gasteiger partial charge in [-0.1, -0.05) is 13.8 Å². The summed E-state index contributed by atoms with van der Waals surface area (Å²) in [5.74, 6) is 3.22. The van der Waals surface area contributed by atoms with Gasteiger partial charge in [0.2, 0.25) is 0 Å². The first-order valence-electron chi connectivity index (χ1n) is 8.80. The summed E-state index contributed by atoms with van der Waals surface area (Å²) >= 11 is 1.73. The highest BCUT2D eigenvalue weighted by atomic mass is 127. The molecule has 3 heterocycles. The van der Waals surface area contributed by atoms with Crippen LogP contribution in [0, 0.1) is 13.8 Å². The van der Waals surface area contributed by atoms with E-state index in [0.29, 0.717) is 12.0 Å². The molecule has 0 spiro atoms. The van der Waals surface area contributed by atoms with Gasteiger partial charge in [0.15, 0.2) is 11.8 Å². The predicted molar refractivity (Wildman–Crippen MR) is 117 cm³/mol. The third-order valence-corrected chi connectivity index (χ3v) is 5.44. The molecule has 2 aromatic rings. The minimum Gasteiger partial charge on any atom is -0.352 e. The number of nitrogens with zero attached hydrogens (tertiary/aromatic N) is 5. The first-order valence-corrected chi connectivity index (χ1v) is 9.61. The standard InChI is InChI=1S/C17H27N7S.HI/c1-10(2)16-22-15-7-6-13(9-24(15)23-16)21-17(18-5)19-8-14-11(3)20-12(4)25-14;/h10,13H,6-9H2,1-5H3,(H2,18,19,21);1H. The number of rotatable bonds is 4. The topological polar surface area (TPSA) is 80.0 Å². The van der Waals surface area contributed by atoms with Gasteiger partial charge in [-0.15, -0.1) is 35.3 Å². The smallest absolute Gasteiger partial charge is 0.191 e. The highest BCUT2D eigenvalue weighted by molar-refractivity contribution is 14.0. The lowest BCUT2D eigenvalue weighted by molar-refractivity contribution is 0.391. The number of thiazole rings is 1. The zero-order chi connectivity index (χ0) is 18.0. The van der Waals surface area contributed by atoms with Crippen LogP contribution in [0.15, 0.2) is 4.99 Å². The molecule has 0 radical (unpaired) electrons. The number of aliphatic imine (C=N–C) groups is 1. The van der Waals surface area contributed by atoms with Crippen LogP contribution in [0.3, 0.4) is 0 Å². The average Bonchev–Trinajstić information content (AvgIpc) is 3.13. The number of hydrogen-bond donors (Lipinski definition) is 2. The normalized spacial score (nSPS) is 17.0. The molecule has 0 saturated heterocycles. The largest absolute Gasteiger partial charge is 0.352 e. The Morgan fingerprint density at radius 3 is 2.73 bits per heavy atom. The molecule has 0 bridgehead atoms. The van der Waals surface area contributed by atoms with E-state index in [1.165, 1.54) is 4.88 Å². The van der Waals surface area contributed by atoms with E-state index in [2.05, 4.69) is 51.5 Å². The lowest BCUT2D eigenvalue weighted by Gasteiger charge is -2.25. The fourth-order valence-corrected chi connectivity index (χ4v) is 3.86. The van der Waals surface area contributed by atoms with Crippen LogP contribution in [0.2, 0.25) is 0 Å². The van der Waals surface area contributed by atoms with Gasteiger partial charge in [-0.3, -0.25) is 4.99 Å². The maximum atomic E-state index is 4.64. The number of nitrogens with one attached hydrogen (secondary N) is 2. The molecular weight excluding hydrogens is 461 g/mol. The Balaban J connectivity index is 0.00000243. The van der Waals surface area contributed by atoms with E-state index in [1.54, 1.807) is 18.4 Å². The fourth-order valence-electron chi connectivity index (χ4n) is 2.98. The molecule has 26 heavy (non-hydrogen) atoms. The van der Waals surface area contributed by atoms with E-state index in [-0.39, 0.29) is 24.0 Å². The Morgan fingerprint density at radius 2 is 2.12 bits per heavy atom. The van der Waals surface area contributed by atoms with Gasteiger partial charge < -0.3 is 10.6 Å². The van der Waals surface area contributed by atoms with Crippen LogP contribution < -0.4 is 10.6 Å². The quantitative estimate of drug-likeness (QED) is 0.392. The van der Waals surface area contributed by atoms with E-state index in [4.69, 9.17) is 0 Å². The molecule has 1 aliphatic rings. The van der Waals surface area contributed by atoms with Crippen LogP contribution in [-0.4, -0.2) is 38.8 Å². The van der Waals surface area contributed by atoms with Crippen molar-refractivity contribution in [3.05, 3.63) is 27.2 Å². The van der Waals surface area contributed by atoms with Crippen molar-refractivity contribution >= 4 is 41.3 Å². The zero-order valence-corrected chi connectivity index (χ0v) is 19.2. The summed E-state index contributed by atoms with van der Waals surface area (Å²) in [5, 5.41) is 12.7. The van der Waals surface area contributed by atoms with Crippen molar-refractivity contribution in [2.24, 2.45) is 4.99 Å². The predicted octanol–water partition coefficient (Wildman–Crippen LogP) is 2.77. The van der Waals surface area contributed by atoms with Gasteiger partial charge in [-0.25, -0.2) is 14.6 Å². The minimum atomic E-state index is 0. The number of hydrogen-bond acceptors (Lipinski definition) is 5. The van der Waals surface area contributed by atoms with Crippen molar-refractivity contribution in [2.75, 3.05) is 7.05 Å². The zero-order valence-electron chi connectivity index (χ0n) is 16.0. The summed E-state index contributed by atoms with van der Waals surface area (Å²) in [6.07, 6.45) is 1.98. The average molecular weight is 489 g/mol. The Hall–Kier alpha value is -1.23. The Kier molecular flexibility index (Phi) is 7.39. The van der Waals surface area contributed by atoms with Gasteiger partial charge in [0.05, 0.1) is 23.8 Å². The molecule has 0 fully saturated rings. The van der Waals surface area contributed by atoms with Gasteiger partial charge in [0, 0.05) is 30.3 Å². The van der Waals surface area contributed by atoms with Crippen LogP contribution in [0.25, 0.3) is 0 Å². The Bertz CT molecular complexity index is 765. The maximum Gasteiger partial charge on any atom is 0.191 e. The monoisotopic (exact) mass is 489 g/mol. The van der Waals surface area contributed by atoms with Gasteiger partial charge >= 0.3 is 0 Å². The van der Waals surface area contributed by atoms with Crippen LogP contribution in [0.1, 0.15) is 53.4 Å². The third-order valence-electron chi connectivity index (χ3n) is 4.37. The van der Waals surface area contributed by atoms with E-state index < -0.39 is 0 Å². The molecule has 9 heteroatoms. The molecule has 1 atom stereocenters. The first-order chi connectivity index (χ1) is 12.0. The van der Waals surface area contributed by atoms with E-state index in [1.807, 2.05) is 11.6 Å². The first kappa shape index (κ1) is 21.1. The number of aryl methyl sites for hydroxylation is 3. The third kappa shape index (κ3) is 4.93. The summed E-state index contributed by atoms with van der Waals surface area (Å²) in [6.45, 7) is 9.93. The van der Waals surface area contributed by atoms with E-state index in [0.717, 1.165) is 54.2 Å². The number of aromatic nitrogens is 4.